The first-order valence-electron chi connectivity index (χ1n) is 7.65. The maximum atomic E-state index is 13.1. The Morgan fingerprint density at radius 2 is 1.80 bits per heavy atom. The first kappa shape index (κ1) is 13.6. The topological polar surface area (TPSA) is 20.3 Å². The molecule has 1 aliphatic carbocycles. The molecule has 3 rings (SSSR count). The Morgan fingerprint density at radius 3 is 2.40 bits per heavy atom. The highest BCUT2D eigenvalue weighted by molar-refractivity contribution is 5.95. The number of nitrogens with zero attached hydrogens (tertiary/aromatic N) is 1. The second kappa shape index (κ2) is 5.19. The lowest BCUT2D eigenvalue weighted by Gasteiger charge is -2.39. The van der Waals surface area contributed by atoms with Gasteiger partial charge in [-0.15, -0.1) is 0 Å². The first-order chi connectivity index (χ1) is 9.60. The Hall–Kier alpha value is -1.38. The molecule has 1 aromatic rings. The van der Waals surface area contributed by atoms with E-state index in [1.807, 2.05) is 4.90 Å². The van der Waals surface area contributed by atoms with Crippen molar-refractivity contribution >= 4 is 5.91 Å². The zero-order valence-electron chi connectivity index (χ0n) is 12.1. The van der Waals surface area contributed by atoms with Crippen molar-refractivity contribution in [2.24, 2.45) is 5.41 Å². The Bertz CT molecular complexity index is 510. The summed E-state index contributed by atoms with van der Waals surface area (Å²) >= 11 is 0. The molecule has 20 heavy (non-hydrogen) atoms. The zero-order valence-corrected chi connectivity index (χ0v) is 12.1. The summed E-state index contributed by atoms with van der Waals surface area (Å²) in [7, 11) is 0. The van der Waals surface area contributed by atoms with Crippen LogP contribution >= 0.6 is 0 Å². The first-order valence-corrected chi connectivity index (χ1v) is 7.65. The largest absolute Gasteiger partial charge is 0.339 e. The summed E-state index contributed by atoms with van der Waals surface area (Å²) in [5.74, 6) is -0.210. The van der Waals surface area contributed by atoms with Gasteiger partial charge >= 0.3 is 0 Å². The van der Waals surface area contributed by atoms with E-state index in [0.717, 1.165) is 31.5 Å². The van der Waals surface area contributed by atoms with E-state index < -0.39 is 0 Å². The van der Waals surface area contributed by atoms with Crippen molar-refractivity contribution in [2.75, 3.05) is 13.1 Å². The van der Waals surface area contributed by atoms with Crippen molar-refractivity contribution in [1.82, 2.24) is 4.90 Å². The third-order valence-electron chi connectivity index (χ3n) is 5.19. The van der Waals surface area contributed by atoms with E-state index in [2.05, 4.69) is 0 Å². The van der Waals surface area contributed by atoms with Crippen molar-refractivity contribution in [3.63, 3.8) is 0 Å². The molecule has 0 unspecified atom stereocenters. The molecular formula is C17H22FNO. The molecule has 108 valence electrons. The third kappa shape index (κ3) is 2.46. The molecule has 1 amide bonds. The molecule has 0 N–H and O–H groups in total. The summed E-state index contributed by atoms with van der Waals surface area (Å²) in [6, 6.07) is 4.44. The Labute approximate surface area is 120 Å². The average molecular weight is 275 g/mol. The highest BCUT2D eigenvalue weighted by atomic mass is 19.1. The van der Waals surface area contributed by atoms with Crippen LogP contribution in [0.5, 0.6) is 0 Å². The molecule has 0 atom stereocenters. The van der Waals surface area contributed by atoms with Gasteiger partial charge in [0, 0.05) is 18.7 Å². The molecular weight excluding hydrogens is 253 g/mol. The molecule has 1 spiro atoms. The maximum absolute atomic E-state index is 13.1. The summed E-state index contributed by atoms with van der Waals surface area (Å²) < 4.78 is 13.1. The van der Waals surface area contributed by atoms with E-state index in [9.17, 15) is 9.18 Å². The second-order valence-electron chi connectivity index (χ2n) is 6.46. The van der Waals surface area contributed by atoms with Crippen LogP contribution in [0.25, 0.3) is 0 Å². The van der Waals surface area contributed by atoms with Crippen molar-refractivity contribution < 1.29 is 9.18 Å². The van der Waals surface area contributed by atoms with Gasteiger partial charge in [-0.1, -0.05) is 12.8 Å². The van der Waals surface area contributed by atoms with Gasteiger partial charge in [0.15, 0.2) is 0 Å². The molecule has 2 aliphatic rings. The smallest absolute Gasteiger partial charge is 0.254 e. The summed E-state index contributed by atoms with van der Waals surface area (Å²) in [5, 5.41) is 0. The summed E-state index contributed by atoms with van der Waals surface area (Å²) in [6.45, 7) is 3.52. The van der Waals surface area contributed by atoms with Crippen molar-refractivity contribution in [3.05, 3.63) is 35.1 Å². The van der Waals surface area contributed by atoms with Crippen LogP contribution in [-0.4, -0.2) is 23.9 Å². The highest BCUT2D eigenvalue weighted by Gasteiger charge is 2.38. The molecule has 1 saturated carbocycles. The number of hydrogen-bond acceptors (Lipinski definition) is 1. The fraction of sp³-hybridized carbons (Fsp3) is 0.588. The molecule has 1 saturated heterocycles. The number of carbonyl (C=O) groups excluding carboxylic acids is 1. The van der Waals surface area contributed by atoms with Crippen LogP contribution in [0, 0.1) is 18.2 Å². The number of amides is 1. The van der Waals surface area contributed by atoms with Crippen molar-refractivity contribution in [2.45, 2.75) is 45.4 Å². The van der Waals surface area contributed by atoms with Gasteiger partial charge in [-0.25, -0.2) is 4.39 Å². The van der Waals surface area contributed by atoms with E-state index in [1.165, 1.54) is 37.8 Å². The molecule has 2 nitrogen and oxygen atoms in total. The normalized spacial score (nSPS) is 21.4. The van der Waals surface area contributed by atoms with Crippen LogP contribution in [0.15, 0.2) is 18.2 Å². The van der Waals surface area contributed by atoms with E-state index in [1.54, 1.807) is 13.0 Å². The number of benzene rings is 1. The number of halogens is 1. The Balaban J connectivity index is 1.69. The number of rotatable bonds is 1. The zero-order chi connectivity index (χ0) is 14.2. The van der Waals surface area contributed by atoms with Crippen LogP contribution < -0.4 is 0 Å². The predicted octanol–water partition coefficient (Wildman–Crippen LogP) is 3.93. The van der Waals surface area contributed by atoms with Crippen LogP contribution in [-0.2, 0) is 0 Å². The standard InChI is InChI=1S/C17H22FNO/c1-13-12-14(18)4-5-15(13)16(20)19-10-8-17(9-11-19)6-2-3-7-17/h4-5,12H,2-3,6-11H2,1H3. The van der Waals surface area contributed by atoms with Gasteiger partial charge in [0.1, 0.15) is 5.82 Å². The number of piperidine rings is 1. The summed E-state index contributed by atoms with van der Waals surface area (Å²) in [5.41, 5.74) is 1.90. The SMILES string of the molecule is Cc1cc(F)ccc1C(=O)N1CCC2(CCCC2)CC1. The van der Waals surface area contributed by atoms with Crippen molar-refractivity contribution in [1.29, 1.82) is 0 Å². The highest BCUT2D eigenvalue weighted by Crippen LogP contribution is 2.46. The minimum absolute atomic E-state index is 0.0651. The summed E-state index contributed by atoms with van der Waals surface area (Å²) in [4.78, 5) is 14.5. The number of likely N-dealkylation sites (tertiary alicyclic amines) is 1. The van der Waals surface area contributed by atoms with Gasteiger partial charge in [-0.3, -0.25) is 4.79 Å². The third-order valence-corrected chi connectivity index (χ3v) is 5.19. The monoisotopic (exact) mass is 275 g/mol. The molecule has 3 heteroatoms. The lowest BCUT2D eigenvalue weighted by Crippen LogP contribution is -2.42. The molecule has 1 aromatic carbocycles. The molecule has 1 aliphatic heterocycles. The van der Waals surface area contributed by atoms with Gasteiger partial charge < -0.3 is 4.90 Å². The number of aryl methyl sites for hydroxylation is 1. The van der Waals surface area contributed by atoms with Gasteiger partial charge in [0.2, 0.25) is 0 Å². The molecule has 0 aromatic heterocycles. The molecule has 0 radical (unpaired) electrons. The van der Waals surface area contributed by atoms with E-state index in [0.29, 0.717) is 11.0 Å². The summed E-state index contributed by atoms with van der Waals surface area (Å²) in [6.07, 6.45) is 7.66. The minimum atomic E-state index is -0.275. The Kier molecular flexibility index (Phi) is 3.53. The fourth-order valence-corrected chi connectivity index (χ4v) is 3.85. The van der Waals surface area contributed by atoms with Gasteiger partial charge in [0.05, 0.1) is 0 Å². The molecule has 0 bridgehead atoms. The van der Waals surface area contributed by atoms with E-state index in [4.69, 9.17) is 0 Å². The lowest BCUT2D eigenvalue weighted by molar-refractivity contribution is 0.0587. The minimum Gasteiger partial charge on any atom is -0.339 e. The van der Waals surface area contributed by atoms with Gasteiger partial charge in [-0.05, 0) is 61.8 Å². The number of hydrogen-bond donors (Lipinski definition) is 0. The van der Waals surface area contributed by atoms with E-state index >= 15 is 0 Å². The van der Waals surface area contributed by atoms with Crippen LogP contribution in [0.3, 0.4) is 0 Å². The number of carbonyl (C=O) groups is 1. The Morgan fingerprint density at radius 1 is 1.15 bits per heavy atom. The van der Waals surface area contributed by atoms with Crippen LogP contribution in [0.2, 0.25) is 0 Å². The fourth-order valence-electron chi connectivity index (χ4n) is 3.85. The van der Waals surface area contributed by atoms with Crippen molar-refractivity contribution in [3.8, 4) is 0 Å². The van der Waals surface area contributed by atoms with Crippen LogP contribution in [0.4, 0.5) is 4.39 Å². The average Bonchev–Trinajstić information content (AvgIpc) is 2.87. The van der Waals surface area contributed by atoms with Gasteiger partial charge in [0.25, 0.3) is 5.91 Å². The lowest BCUT2D eigenvalue weighted by atomic mass is 9.77. The maximum Gasteiger partial charge on any atom is 0.254 e. The molecule has 2 fully saturated rings. The predicted molar refractivity (Wildman–Crippen MR) is 77.2 cm³/mol. The molecule has 1 heterocycles. The van der Waals surface area contributed by atoms with Crippen LogP contribution in [0.1, 0.15) is 54.4 Å². The van der Waals surface area contributed by atoms with E-state index in [-0.39, 0.29) is 11.7 Å². The quantitative estimate of drug-likeness (QED) is 0.760. The van der Waals surface area contributed by atoms with Gasteiger partial charge in [-0.2, -0.15) is 0 Å². The second-order valence-corrected chi connectivity index (χ2v) is 6.46.